The Kier molecular flexibility index (Phi) is 3.35. The number of fused-ring (bicyclic) bond motifs is 1. The number of nitrogen functional groups attached to an aromatic ring is 1. The van der Waals surface area contributed by atoms with E-state index in [9.17, 15) is 0 Å². The van der Waals surface area contributed by atoms with Gasteiger partial charge in [0.15, 0.2) is 0 Å². The van der Waals surface area contributed by atoms with Gasteiger partial charge < -0.3 is 11.1 Å². The van der Waals surface area contributed by atoms with Crippen molar-refractivity contribution in [3.8, 4) is 0 Å². The van der Waals surface area contributed by atoms with Crippen LogP contribution in [-0.4, -0.2) is 9.97 Å². The molecule has 0 radical (unpaired) electrons. The van der Waals surface area contributed by atoms with Crippen LogP contribution in [0.15, 0.2) is 18.2 Å². The number of thiophene rings is 2. The second kappa shape index (κ2) is 5.03. The largest absolute Gasteiger partial charge is 0.368 e. The van der Waals surface area contributed by atoms with Gasteiger partial charge in [0.1, 0.15) is 10.6 Å². The zero-order valence-corrected chi connectivity index (χ0v) is 13.2. The fourth-order valence-electron chi connectivity index (χ4n) is 2.13. The highest BCUT2D eigenvalue weighted by Gasteiger charge is 2.13. The van der Waals surface area contributed by atoms with Crippen molar-refractivity contribution in [1.29, 1.82) is 0 Å². The van der Waals surface area contributed by atoms with Gasteiger partial charge in [-0.25, -0.2) is 4.98 Å². The molecule has 1 atom stereocenters. The molecule has 0 saturated heterocycles. The molecule has 3 rings (SSSR count). The van der Waals surface area contributed by atoms with Crippen molar-refractivity contribution in [2.75, 3.05) is 11.1 Å². The van der Waals surface area contributed by atoms with Crippen LogP contribution in [0, 0.1) is 13.8 Å². The maximum Gasteiger partial charge on any atom is 0.223 e. The predicted octanol–water partition coefficient (Wildman–Crippen LogP) is 4.12. The van der Waals surface area contributed by atoms with Crippen LogP contribution < -0.4 is 11.1 Å². The molecule has 0 aliphatic carbocycles. The van der Waals surface area contributed by atoms with Gasteiger partial charge in [-0.2, -0.15) is 4.98 Å². The average molecular weight is 304 g/mol. The van der Waals surface area contributed by atoms with Crippen molar-refractivity contribution >= 4 is 44.7 Å². The molecule has 0 saturated carbocycles. The Labute approximate surface area is 125 Å². The molecule has 1 unspecified atom stereocenters. The van der Waals surface area contributed by atoms with Gasteiger partial charge in [0.2, 0.25) is 5.95 Å². The van der Waals surface area contributed by atoms with Crippen molar-refractivity contribution in [1.82, 2.24) is 9.97 Å². The summed E-state index contributed by atoms with van der Waals surface area (Å²) in [7, 11) is 0. The van der Waals surface area contributed by atoms with E-state index in [1.54, 1.807) is 22.7 Å². The molecule has 0 bridgehead atoms. The molecule has 3 aromatic heterocycles. The lowest BCUT2D eigenvalue weighted by molar-refractivity contribution is 0.899. The molecular formula is C14H16N4S2. The number of aromatic nitrogens is 2. The van der Waals surface area contributed by atoms with E-state index < -0.39 is 0 Å². The first kappa shape index (κ1) is 13.3. The third-order valence-corrected chi connectivity index (χ3v) is 5.20. The number of nitrogens with two attached hydrogens (primary N) is 1. The quantitative estimate of drug-likeness (QED) is 0.764. The Morgan fingerprint density at radius 1 is 1.15 bits per heavy atom. The molecule has 3 heterocycles. The molecule has 0 aromatic carbocycles. The van der Waals surface area contributed by atoms with Crippen LogP contribution in [0.2, 0.25) is 0 Å². The Balaban J connectivity index is 1.97. The van der Waals surface area contributed by atoms with Gasteiger partial charge in [0, 0.05) is 14.6 Å². The van der Waals surface area contributed by atoms with E-state index in [2.05, 4.69) is 54.3 Å². The van der Waals surface area contributed by atoms with E-state index in [0.29, 0.717) is 5.95 Å². The highest BCUT2D eigenvalue weighted by molar-refractivity contribution is 7.18. The summed E-state index contributed by atoms with van der Waals surface area (Å²) in [5.41, 5.74) is 5.80. The molecule has 0 aliphatic heterocycles. The summed E-state index contributed by atoms with van der Waals surface area (Å²) in [5.74, 6) is 1.13. The zero-order chi connectivity index (χ0) is 14.3. The first-order valence-electron chi connectivity index (χ1n) is 6.39. The summed E-state index contributed by atoms with van der Waals surface area (Å²) in [4.78, 5) is 13.4. The molecular weight excluding hydrogens is 288 g/mol. The maximum atomic E-state index is 5.80. The van der Waals surface area contributed by atoms with Crippen molar-refractivity contribution in [2.24, 2.45) is 0 Å². The fourth-order valence-corrected chi connectivity index (χ4v) is 3.90. The van der Waals surface area contributed by atoms with E-state index in [1.165, 1.54) is 14.6 Å². The molecule has 3 N–H and O–H groups in total. The van der Waals surface area contributed by atoms with Crippen molar-refractivity contribution in [3.05, 3.63) is 32.8 Å². The summed E-state index contributed by atoms with van der Waals surface area (Å²) in [6.07, 6.45) is 0. The molecule has 0 fully saturated rings. The standard InChI is InChI=1S/C14H16N4S2/c1-7-4-5-11(19-7)9(3)16-12-10-6-8(2)20-13(10)18-14(15)17-12/h4-6,9H,1-3H3,(H3,15,16,17,18). The number of nitrogens with one attached hydrogen (secondary N) is 1. The van der Waals surface area contributed by atoms with Crippen LogP contribution in [0.25, 0.3) is 10.2 Å². The predicted molar refractivity (Wildman–Crippen MR) is 87.7 cm³/mol. The lowest BCUT2D eigenvalue weighted by Crippen LogP contribution is -2.08. The van der Waals surface area contributed by atoms with Crippen molar-refractivity contribution < 1.29 is 0 Å². The van der Waals surface area contributed by atoms with E-state index in [0.717, 1.165) is 16.0 Å². The summed E-state index contributed by atoms with van der Waals surface area (Å²) in [6.45, 7) is 6.32. The molecule has 20 heavy (non-hydrogen) atoms. The molecule has 4 nitrogen and oxygen atoms in total. The van der Waals surface area contributed by atoms with Crippen molar-refractivity contribution in [3.63, 3.8) is 0 Å². The first-order chi connectivity index (χ1) is 9.52. The maximum absolute atomic E-state index is 5.80. The van der Waals surface area contributed by atoms with E-state index in [1.807, 2.05) is 0 Å². The molecule has 6 heteroatoms. The third kappa shape index (κ3) is 2.48. The van der Waals surface area contributed by atoms with Crippen LogP contribution in [0.1, 0.15) is 27.6 Å². The first-order valence-corrected chi connectivity index (χ1v) is 8.03. The minimum Gasteiger partial charge on any atom is -0.368 e. The average Bonchev–Trinajstić information content (AvgIpc) is 2.94. The van der Waals surface area contributed by atoms with Crippen LogP contribution in [0.3, 0.4) is 0 Å². The van der Waals surface area contributed by atoms with E-state index >= 15 is 0 Å². The van der Waals surface area contributed by atoms with Gasteiger partial charge in [-0.3, -0.25) is 0 Å². The van der Waals surface area contributed by atoms with Crippen LogP contribution >= 0.6 is 22.7 Å². The molecule has 0 aliphatic rings. The lowest BCUT2D eigenvalue weighted by Gasteiger charge is -2.13. The number of nitrogens with zero attached hydrogens (tertiary/aromatic N) is 2. The van der Waals surface area contributed by atoms with Gasteiger partial charge in [-0.15, -0.1) is 22.7 Å². The van der Waals surface area contributed by atoms with Crippen LogP contribution in [0.5, 0.6) is 0 Å². The summed E-state index contributed by atoms with van der Waals surface area (Å²) in [6, 6.07) is 6.59. The minimum atomic E-state index is 0.200. The summed E-state index contributed by atoms with van der Waals surface area (Å²) in [5, 5.41) is 4.50. The number of aryl methyl sites for hydroxylation is 2. The van der Waals surface area contributed by atoms with Gasteiger partial charge >= 0.3 is 0 Å². The Morgan fingerprint density at radius 3 is 2.65 bits per heavy atom. The van der Waals surface area contributed by atoms with Gasteiger partial charge in [0.05, 0.1) is 11.4 Å². The van der Waals surface area contributed by atoms with E-state index in [4.69, 9.17) is 5.73 Å². The van der Waals surface area contributed by atoms with Gasteiger partial charge in [0.25, 0.3) is 0 Å². The van der Waals surface area contributed by atoms with Gasteiger partial charge in [-0.05, 0) is 39.0 Å². The minimum absolute atomic E-state index is 0.200. The molecule has 104 valence electrons. The number of hydrogen-bond donors (Lipinski definition) is 2. The zero-order valence-electron chi connectivity index (χ0n) is 11.6. The third-order valence-electron chi connectivity index (χ3n) is 3.07. The van der Waals surface area contributed by atoms with E-state index in [-0.39, 0.29) is 6.04 Å². The number of hydrogen-bond acceptors (Lipinski definition) is 6. The topological polar surface area (TPSA) is 63.8 Å². The highest BCUT2D eigenvalue weighted by atomic mass is 32.1. The highest BCUT2D eigenvalue weighted by Crippen LogP contribution is 2.32. The Hall–Kier alpha value is -1.66. The second-order valence-corrected chi connectivity index (χ2v) is 7.37. The summed E-state index contributed by atoms with van der Waals surface area (Å²) < 4.78 is 0. The Bertz CT molecular complexity index is 760. The second-order valence-electron chi connectivity index (χ2n) is 4.82. The van der Waals surface area contributed by atoms with Gasteiger partial charge in [-0.1, -0.05) is 0 Å². The smallest absolute Gasteiger partial charge is 0.223 e. The Morgan fingerprint density at radius 2 is 1.95 bits per heavy atom. The molecule has 0 spiro atoms. The number of rotatable bonds is 3. The molecule has 0 amide bonds. The normalized spacial score (nSPS) is 12.8. The lowest BCUT2D eigenvalue weighted by atomic mass is 10.2. The van der Waals surface area contributed by atoms with Crippen LogP contribution in [-0.2, 0) is 0 Å². The molecule has 3 aromatic rings. The number of anilines is 2. The van der Waals surface area contributed by atoms with Crippen LogP contribution in [0.4, 0.5) is 11.8 Å². The monoisotopic (exact) mass is 304 g/mol. The summed E-state index contributed by atoms with van der Waals surface area (Å²) >= 11 is 3.43. The van der Waals surface area contributed by atoms with Crippen molar-refractivity contribution in [2.45, 2.75) is 26.8 Å². The SMILES string of the molecule is Cc1ccc(C(C)Nc2nc(N)nc3sc(C)cc23)s1. The fraction of sp³-hybridized carbons (Fsp3) is 0.286.